The number of benzene rings is 1. The van der Waals surface area contributed by atoms with Crippen molar-refractivity contribution in [2.45, 2.75) is 31.1 Å². The number of halogens is 1. The van der Waals surface area contributed by atoms with E-state index in [0.717, 1.165) is 12.0 Å². The van der Waals surface area contributed by atoms with Crippen molar-refractivity contribution in [2.75, 3.05) is 37.7 Å². The molecule has 0 unspecified atom stereocenters. The quantitative estimate of drug-likeness (QED) is 0.765. The number of fused-ring (bicyclic) bond motifs is 1. The van der Waals surface area contributed by atoms with E-state index in [1.54, 1.807) is 30.0 Å². The third-order valence-electron chi connectivity index (χ3n) is 5.14. The van der Waals surface area contributed by atoms with Crippen LogP contribution in [0.1, 0.15) is 25.3 Å². The molecule has 0 aliphatic carbocycles. The number of ether oxygens (including phenoxy) is 1. The van der Waals surface area contributed by atoms with Crippen LogP contribution in [0.25, 0.3) is 0 Å². The largest absolute Gasteiger partial charge is 0.381 e. The molecule has 0 atom stereocenters. The minimum absolute atomic E-state index is 0. The average molecular weight is 404 g/mol. The molecule has 146 valence electrons. The molecule has 2 heterocycles. The summed E-state index contributed by atoms with van der Waals surface area (Å²) in [5.41, 5.74) is 7.01. The number of carbonyl (C=O) groups excluding carboxylic acids is 1. The first-order valence-corrected chi connectivity index (χ1v) is 10.1. The molecular weight excluding hydrogens is 378 g/mol. The number of amides is 1. The second kappa shape index (κ2) is 8.22. The summed E-state index contributed by atoms with van der Waals surface area (Å²) in [4.78, 5) is 15.1. The second-order valence-electron chi connectivity index (χ2n) is 6.60. The number of nitrogens with one attached hydrogen (secondary N) is 1. The van der Waals surface area contributed by atoms with Crippen molar-refractivity contribution in [1.29, 1.82) is 0 Å². The van der Waals surface area contributed by atoms with Crippen molar-refractivity contribution >= 4 is 34.0 Å². The number of hydrogen-bond acceptors (Lipinski definition) is 5. The first-order valence-electron chi connectivity index (χ1n) is 8.66. The summed E-state index contributed by atoms with van der Waals surface area (Å²) < 4.78 is 32.4. The Hall–Kier alpha value is -1.19. The maximum absolute atomic E-state index is 13.2. The van der Waals surface area contributed by atoms with E-state index in [0.29, 0.717) is 44.8 Å². The highest BCUT2D eigenvalue weighted by Crippen LogP contribution is 2.37. The molecule has 0 aromatic heterocycles. The minimum atomic E-state index is -3.56. The van der Waals surface area contributed by atoms with Gasteiger partial charge in [0, 0.05) is 38.5 Å². The lowest BCUT2D eigenvalue weighted by atomic mass is 9.79. The standard InChI is InChI=1S/C17H25N3O4S.ClH/c1-2-19-25(22,23)14-4-3-13-5-8-20(15(13)11-14)16(21)17(12-18)6-9-24-10-7-17;/h3-4,11,19H,2,5-10,12,18H2,1H3;1H. The van der Waals surface area contributed by atoms with Crippen molar-refractivity contribution in [3.63, 3.8) is 0 Å². The summed E-state index contributed by atoms with van der Waals surface area (Å²) in [6.45, 7) is 3.93. The summed E-state index contributed by atoms with van der Waals surface area (Å²) in [6, 6.07) is 4.99. The zero-order chi connectivity index (χ0) is 18.1. The highest BCUT2D eigenvalue weighted by molar-refractivity contribution is 7.89. The van der Waals surface area contributed by atoms with Gasteiger partial charge in [0.2, 0.25) is 15.9 Å². The van der Waals surface area contributed by atoms with Crippen molar-refractivity contribution in [3.8, 4) is 0 Å². The van der Waals surface area contributed by atoms with Gasteiger partial charge in [0.05, 0.1) is 10.3 Å². The predicted octanol–water partition coefficient (Wildman–Crippen LogP) is 1.05. The molecule has 2 aliphatic rings. The van der Waals surface area contributed by atoms with Crippen LogP contribution in [0.5, 0.6) is 0 Å². The van der Waals surface area contributed by atoms with Gasteiger partial charge in [-0.05, 0) is 37.0 Å². The van der Waals surface area contributed by atoms with Crippen LogP contribution in [0.4, 0.5) is 5.69 Å². The molecule has 1 fully saturated rings. The number of nitrogens with zero attached hydrogens (tertiary/aromatic N) is 1. The van der Waals surface area contributed by atoms with Gasteiger partial charge >= 0.3 is 0 Å². The first-order chi connectivity index (χ1) is 11.9. The average Bonchev–Trinajstić information content (AvgIpc) is 3.04. The molecule has 9 heteroatoms. The number of carbonyl (C=O) groups is 1. The molecule has 0 saturated carbocycles. The first kappa shape index (κ1) is 21.1. The number of nitrogens with two attached hydrogens (primary N) is 1. The van der Waals surface area contributed by atoms with Gasteiger partial charge in [-0.1, -0.05) is 13.0 Å². The molecule has 7 nitrogen and oxygen atoms in total. The maximum Gasteiger partial charge on any atom is 0.240 e. The lowest BCUT2D eigenvalue weighted by molar-refractivity contribution is -0.132. The fraction of sp³-hybridized carbons (Fsp3) is 0.588. The fourth-order valence-corrected chi connectivity index (χ4v) is 4.62. The van der Waals surface area contributed by atoms with Crippen LogP contribution in [-0.2, 0) is 26.0 Å². The summed E-state index contributed by atoms with van der Waals surface area (Å²) in [5.74, 6) is -0.0185. The Balaban J connectivity index is 0.00000243. The predicted molar refractivity (Wildman–Crippen MR) is 102 cm³/mol. The van der Waals surface area contributed by atoms with Gasteiger partial charge in [0.15, 0.2) is 0 Å². The van der Waals surface area contributed by atoms with Crippen LogP contribution in [0.15, 0.2) is 23.1 Å². The second-order valence-corrected chi connectivity index (χ2v) is 8.36. The van der Waals surface area contributed by atoms with Crippen LogP contribution in [0.2, 0.25) is 0 Å². The van der Waals surface area contributed by atoms with Crippen LogP contribution < -0.4 is 15.4 Å². The van der Waals surface area contributed by atoms with E-state index >= 15 is 0 Å². The summed E-state index contributed by atoms with van der Waals surface area (Å²) >= 11 is 0. The smallest absolute Gasteiger partial charge is 0.240 e. The van der Waals surface area contributed by atoms with Gasteiger partial charge in [-0.25, -0.2) is 13.1 Å². The third kappa shape index (κ3) is 3.75. The van der Waals surface area contributed by atoms with Crippen molar-refractivity contribution < 1.29 is 17.9 Å². The van der Waals surface area contributed by atoms with E-state index in [1.165, 1.54) is 0 Å². The molecule has 3 rings (SSSR count). The number of sulfonamides is 1. The lowest BCUT2D eigenvalue weighted by Gasteiger charge is -2.37. The Morgan fingerprint density at radius 1 is 1.35 bits per heavy atom. The van der Waals surface area contributed by atoms with Gasteiger partial charge in [-0.2, -0.15) is 0 Å². The van der Waals surface area contributed by atoms with Crippen LogP contribution >= 0.6 is 12.4 Å². The van der Waals surface area contributed by atoms with Gasteiger partial charge in [0.1, 0.15) is 0 Å². The lowest BCUT2D eigenvalue weighted by Crippen LogP contribution is -2.50. The number of anilines is 1. The van der Waals surface area contributed by atoms with Crippen molar-refractivity contribution in [3.05, 3.63) is 23.8 Å². The molecule has 0 spiro atoms. The maximum atomic E-state index is 13.2. The molecule has 26 heavy (non-hydrogen) atoms. The molecule has 0 radical (unpaired) electrons. The Morgan fingerprint density at radius 2 is 2.04 bits per heavy atom. The normalized spacial score (nSPS) is 18.9. The van der Waals surface area contributed by atoms with Crippen LogP contribution in [0.3, 0.4) is 0 Å². The van der Waals surface area contributed by atoms with Gasteiger partial charge in [0.25, 0.3) is 0 Å². The molecule has 1 amide bonds. The van der Waals surface area contributed by atoms with E-state index < -0.39 is 15.4 Å². The molecular formula is C17H26ClN3O4S. The van der Waals surface area contributed by atoms with Crippen LogP contribution in [-0.4, -0.2) is 47.2 Å². The summed E-state index contributed by atoms with van der Waals surface area (Å²) in [5, 5.41) is 0. The van der Waals surface area contributed by atoms with Crippen LogP contribution in [0, 0.1) is 5.41 Å². The van der Waals surface area contributed by atoms with E-state index in [4.69, 9.17) is 10.5 Å². The topological polar surface area (TPSA) is 102 Å². The monoisotopic (exact) mass is 403 g/mol. The zero-order valence-corrected chi connectivity index (χ0v) is 16.5. The highest BCUT2D eigenvalue weighted by Gasteiger charge is 2.43. The summed E-state index contributed by atoms with van der Waals surface area (Å²) in [6.07, 6.45) is 1.92. The van der Waals surface area contributed by atoms with Crippen molar-refractivity contribution in [2.24, 2.45) is 11.1 Å². The molecule has 1 aromatic rings. The zero-order valence-electron chi connectivity index (χ0n) is 14.9. The molecule has 3 N–H and O–H groups in total. The molecule has 2 aliphatic heterocycles. The Morgan fingerprint density at radius 3 is 2.65 bits per heavy atom. The van der Waals surface area contributed by atoms with Crippen molar-refractivity contribution in [1.82, 2.24) is 4.72 Å². The van der Waals surface area contributed by atoms with Gasteiger partial charge < -0.3 is 15.4 Å². The van der Waals surface area contributed by atoms with Gasteiger partial charge in [-0.3, -0.25) is 4.79 Å². The number of hydrogen-bond donors (Lipinski definition) is 2. The van der Waals surface area contributed by atoms with E-state index in [1.807, 2.05) is 0 Å². The number of rotatable bonds is 5. The highest BCUT2D eigenvalue weighted by atomic mass is 35.5. The van der Waals surface area contributed by atoms with E-state index in [-0.39, 0.29) is 29.8 Å². The Kier molecular flexibility index (Phi) is 6.68. The Labute approximate surface area is 160 Å². The van der Waals surface area contributed by atoms with E-state index in [2.05, 4.69) is 4.72 Å². The van der Waals surface area contributed by atoms with Gasteiger partial charge in [-0.15, -0.1) is 12.4 Å². The molecule has 0 bridgehead atoms. The molecule has 1 saturated heterocycles. The third-order valence-corrected chi connectivity index (χ3v) is 6.68. The fourth-order valence-electron chi connectivity index (χ4n) is 3.56. The summed E-state index contributed by atoms with van der Waals surface area (Å²) in [7, 11) is -3.56. The van der Waals surface area contributed by atoms with E-state index in [9.17, 15) is 13.2 Å². The minimum Gasteiger partial charge on any atom is -0.381 e. The Bertz CT molecular complexity index is 763. The SMILES string of the molecule is CCNS(=O)(=O)c1ccc2c(c1)N(C(=O)C1(CN)CCOCC1)CC2.Cl. The molecule has 1 aromatic carbocycles.